The van der Waals surface area contributed by atoms with Crippen LogP contribution in [0.2, 0.25) is 10.0 Å². The number of rotatable bonds is 10. The molecule has 0 amide bonds. The van der Waals surface area contributed by atoms with Gasteiger partial charge in [-0.05, 0) is 76.1 Å². The van der Waals surface area contributed by atoms with Crippen LogP contribution in [0.15, 0.2) is 60.3 Å². The lowest BCUT2D eigenvalue weighted by molar-refractivity contribution is -0.478. The molecule has 0 fully saturated rings. The van der Waals surface area contributed by atoms with Crippen molar-refractivity contribution >= 4 is 60.5 Å². The van der Waals surface area contributed by atoms with Crippen LogP contribution >= 0.6 is 23.2 Å². The van der Waals surface area contributed by atoms with Crippen molar-refractivity contribution in [3.8, 4) is 0 Å². The highest BCUT2D eigenvalue weighted by Crippen LogP contribution is 2.50. The number of hydrogen-bond acceptors (Lipinski definition) is 5. The standard InChI is InChI=1S/C31H38Cl2N2O6S2/c1-20(14-16-42(36,37)38)34-26-12-10-22(32)18-24(26)30(3,4)28(34)8-7-9-29-31(5,6)25-19-23(33)11-13-27(25)35(29)21(2)15-17-43(39,40)41/h7-13,18-21H,14-17H2,1-6H3,(H-,36,37,38,39,40,41)/p+1. The first kappa shape index (κ1) is 33.7. The van der Waals surface area contributed by atoms with E-state index in [1.54, 1.807) is 0 Å². The zero-order valence-corrected chi connectivity index (χ0v) is 28.3. The van der Waals surface area contributed by atoms with Gasteiger partial charge in [0.15, 0.2) is 11.8 Å². The minimum Gasteiger partial charge on any atom is -0.341 e. The van der Waals surface area contributed by atoms with Crippen LogP contribution in [0.25, 0.3) is 0 Å². The maximum Gasteiger partial charge on any atom is 0.265 e. The first-order chi connectivity index (χ1) is 19.7. The summed E-state index contributed by atoms with van der Waals surface area (Å²) >= 11 is 12.8. The van der Waals surface area contributed by atoms with Gasteiger partial charge in [0.1, 0.15) is 0 Å². The Kier molecular flexibility index (Phi) is 9.36. The highest BCUT2D eigenvalue weighted by molar-refractivity contribution is 7.86. The second kappa shape index (κ2) is 11.9. The van der Waals surface area contributed by atoms with E-state index in [0.717, 1.165) is 33.9 Å². The number of fused-ring (bicyclic) bond motifs is 2. The van der Waals surface area contributed by atoms with Gasteiger partial charge in [-0.1, -0.05) is 43.1 Å². The van der Waals surface area contributed by atoms with Crippen LogP contribution in [-0.4, -0.2) is 59.8 Å². The Morgan fingerprint density at radius 2 is 1.42 bits per heavy atom. The number of hydrogen-bond donors (Lipinski definition) is 2. The third-order valence-electron chi connectivity index (χ3n) is 8.56. The SMILES string of the molecule is CC(CCS(=O)(=O)O)N1C(=CC=CC2=[N+](C(C)CCS(=O)(=O)O)c3ccc(Cl)cc3C2(C)C)C(C)(C)c2cc(Cl)ccc21. The van der Waals surface area contributed by atoms with E-state index in [-0.39, 0.29) is 36.4 Å². The lowest BCUT2D eigenvalue weighted by Gasteiger charge is -2.32. The summed E-state index contributed by atoms with van der Waals surface area (Å²) in [7, 11) is -8.26. The molecule has 8 nitrogen and oxygen atoms in total. The lowest BCUT2D eigenvalue weighted by atomic mass is 9.81. The molecule has 4 rings (SSSR count). The molecule has 234 valence electrons. The predicted molar refractivity (Wildman–Crippen MR) is 175 cm³/mol. The smallest absolute Gasteiger partial charge is 0.265 e. The summed E-state index contributed by atoms with van der Waals surface area (Å²) in [6.07, 6.45) is 6.42. The summed E-state index contributed by atoms with van der Waals surface area (Å²) in [5.74, 6) is -0.721. The second-order valence-corrected chi connectivity index (χ2v) is 16.5. The van der Waals surface area contributed by atoms with Crippen LogP contribution in [0.5, 0.6) is 0 Å². The molecule has 0 saturated heterocycles. The quantitative estimate of drug-likeness (QED) is 0.208. The minimum absolute atomic E-state index is 0.220. The summed E-state index contributed by atoms with van der Waals surface area (Å²) in [6, 6.07) is 10.8. The second-order valence-electron chi connectivity index (χ2n) is 12.5. The summed E-state index contributed by atoms with van der Waals surface area (Å²) < 4.78 is 67.2. The highest BCUT2D eigenvalue weighted by atomic mass is 35.5. The van der Waals surface area contributed by atoms with Gasteiger partial charge >= 0.3 is 0 Å². The largest absolute Gasteiger partial charge is 0.341 e. The Hall–Kier alpha value is -2.21. The Balaban J connectivity index is 1.81. The summed E-state index contributed by atoms with van der Waals surface area (Å²) in [5, 5.41) is 1.20. The summed E-state index contributed by atoms with van der Waals surface area (Å²) in [5.41, 5.74) is 4.81. The summed E-state index contributed by atoms with van der Waals surface area (Å²) in [4.78, 5) is 2.10. The van der Waals surface area contributed by atoms with Crippen molar-refractivity contribution in [1.29, 1.82) is 0 Å². The number of halogens is 2. The van der Waals surface area contributed by atoms with Gasteiger partial charge in [-0.25, -0.2) is 0 Å². The van der Waals surface area contributed by atoms with E-state index < -0.39 is 31.1 Å². The molecule has 2 aromatic carbocycles. The number of nitrogens with zero attached hydrogens (tertiary/aromatic N) is 2. The molecule has 43 heavy (non-hydrogen) atoms. The molecule has 2 unspecified atom stereocenters. The van der Waals surface area contributed by atoms with E-state index in [4.69, 9.17) is 23.2 Å². The molecule has 0 spiro atoms. The normalized spacial score (nSPS) is 20.1. The molecule has 0 saturated carbocycles. The number of allylic oxidation sites excluding steroid dienone is 4. The van der Waals surface area contributed by atoms with Crippen molar-refractivity contribution in [2.75, 3.05) is 16.4 Å². The van der Waals surface area contributed by atoms with Crippen LogP contribution in [0.4, 0.5) is 11.4 Å². The fourth-order valence-electron chi connectivity index (χ4n) is 6.23. The molecule has 2 atom stereocenters. The van der Waals surface area contributed by atoms with Crippen molar-refractivity contribution in [3.63, 3.8) is 0 Å². The predicted octanol–water partition coefficient (Wildman–Crippen LogP) is 6.94. The van der Waals surface area contributed by atoms with Crippen molar-refractivity contribution in [1.82, 2.24) is 0 Å². The highest BCUT2D eigenvalue weighted by Gasteiger charge is 2.46. The Morgan fingerprint density at radius 1 is 0.860 bits per heavy atom. The maximum absolute atomic E-state index is 11.6. The van der Waals surface area contributed by atoms with Crippen molar-refractivity contribution in [2.24, 2.45) is 0 Å². The first-order valence-corrected chi connectivity index (χ1v) is 18.1. The Bertz CT molecular complexity index is 1740. The summed E-state index contributed by atoms with van der Waals surface area (Å²) in [6.45, 7) is 12.2. The molecule has 12 heteroatoms. The molecule has 2 heterocycles. The third-order valence-corrected chi connectivity index (χ3v) is 10.5. The van der Waals surface area contributed by atoms with Gasteiger partial charge in [0, 0.05) is 57.0 Å². The fraction of sp³-hybridized carbons (Fsp3) is 0.452. The van der Waals surface area contributed by atoms with Crippen LogP contribution in [-0.2, 0) is 31.1 Å². The van der Waals surface area contributed by atoms with E-state index in [1.165, 1.54) is 0 Å². The van der Waals surface area contributed by atoms with E-state index in [0.29, 0.717) is 10.0 Å². The van der Waals surface area contributed by atoms with Gasteiger partial charge in [-0.3, -0.25) is 9.11 Å². The van der Waals surface area contributed by atoms with E-state index >= 15 is 0 Å². The van der Waals surface area contributed by atoms with Crippen LogP contribution < -0.4 is 4.90 Å². The first-order valence-electron chi connectivity index (χ1n) is 14.1. The monoisotopic (exact) mass is 669 g/mol. The fourth-order valence-corrected chi connectivity index (χ4v) is 7.85. The van der Waals surface area contributed by atoms with Crippen molar-refractivity contribution in [2.45, 2.75) is 77.3 Å². The van der Waals surface area contributed by atoms with Crippen molar-refractivity contribution in [3.05, 3.63) is 81.5 Å². The average Bonchev–Trinajstić information content (AvgIpc) is 3.23. The zero-order chi connectivity index (χ0) is 32.1. The van der Waals surface area contributed by atoms with Gasteiger partial charge in [-0.15, -0.1) is 0 Å². The molecule has 2 aliphatic rings. The molecule has 0 radical (unpaired) electrons. The van der Waals surface area contributed by atoms with E-state index in [2.05, 4.69) is 37.2 Å². The number of anilines is 1. The molecule has 2 aliphatic heterocycles. The minimum atomic E-state index is -4.13. The molecule has 0 bridgehead atoms. The lowest BCUT2D eigenvalue weighted by Crippen LogP contribution is -2.35. The van der Waals surface area contributed by atoms with Gasteiger partial charge in [0.25, 0.3) is 20.2 Å². The maximum atomic E-state index is 11.6. The molecule has 0 aromatic heterocycles. The zero-order valence-electron chi connectivity index (χ0n) is 25.2. The third kappa shape index (κ3) is 7.05. The number of benzene rings is 2. The van der Waals surface area contributed by atoms with Gasteiger partial charge in [0.2, 0.25) is 5.69 Å². The molecule has 2 N–H and O–H groups in total. The molecule has 0 aliphatic carbocycles. The molecular weight excluding hydrogens is 631 g/mol. The van der Waals surface area contributed by atoms with E-state index in [1.807, 2.05) is 68.5 Å². The van der Waals surface area contributed by atoms with Crippen molar-refractivity contribution < 1.29 is 30.5 Å². The topological polar surface area (TPSA) is 115 Å². The Labute approximate surface area is 265 Å². The van der Waals surface area contributed by atoms with Gasteiger partial charge < -0.3 is 4.90 Å². The van der Waals surface area contributed by atoms with Crippen LogP contribution in [0.1, 0.15) is 65.5 Å². The van der Waals surface area contributed by atoms with Gasteiger partial charge in [-0.2, -0.15) is 21.4 Å². The van der Waals surface area contributed by atoms with Crippen LogP contribution in [0.3, 0.4) is 0 Å². The average molecular weight is 671 g/mol. The molecule has 2 aromatic rings. The molecular formula is C31H39Cl2N2O6S2+. The Morgan fingerprint density at radius 3 is 2.02 bits per heavy atom. The van der Waals surface area contributed by atoms with E-state index in [9.17, 15) is 25.9 Å². The van der Waals surface area contributed by atoms with Crippen LogP contribution in [0, 0.1) is 0 Å². The van der Waals surface area contributed by atoms with Gasteiger partial charge in [0.05, 0.1) is 16.9 Å².